The van der Waals surface area contributed by atoms with Crippen LogP contribution in [0.1, 0.15) is 31.7 Å². The molecule has 2 atom stereocenters. The van der Waals surface area contributed by atoms with Crippen LogP contribution < -0.4 is 4.74 Å². The number of nitrogens with zero attached hydrogens (tertiary/aromatic N) is 1. The van der Waals surface area contributed by atoms with Gasteiger partial charge < -0.3 is 9.84 Å². The summed E-state index contributed by atoms with van der Waals surface area (Å²) in [4.78, 5) is 2.37. The van der Waals surface area contributed by atoms with E-state index in [0.29, 0.717) is 19.2 Å². The molecule has 2 unspecified atom stereocenters. The van der Waals surface area contributed by atoms with Gasteiger partial charge in [0.1, 0.15) is 18.5 Å². The Morgan fingerprint density at radius 1 is 1.43 bits per heavy atom. The average molecular weight is 289 g/mol. The average Bonchev–Trinajstić information content (AvgIpc) is 2.49. The molecule has 1 aliphatic rings. The summed E-state index contributed by atoms with van der Waals surface area (Å²) in [5.41, 5.74) is 1.12. The molecule has 1 fully saturated rings. The fraction of sp³-hybridized carbons (Fsp3) is 0.556. The summed E-state index contributed by atoms with van der Waals surface area (Å²) < 4.78 is 5.80. The molecule has 1 aromatic rings. The zero-order valence-electron chi connectivity index (χ0n) is 13.0. The third kappa shape index (κ3) is 4.87. The molecular formula is C18H27NO2. The lowest BCUT2D eigenvalue weighted by Gasteiger charge is -2.34. The Bertz CT molecular complexity index is 447. The van der Waals surface area contributed by atoms with Gasteiger partial charge in [-0.15, -0.1) is 6.58 Å². The third-order valence-corrected chi connectivity index (χ3v) is 4.15. The van der Waals surface area contributed by atoms with E-state index in [1.54, 1.807) is 0 Å². The Labute approximate surface area is 128 Å². The van der Waals surface area contributed by atoms with Crippen molar-refractivity contribution >= 4 is 0 Å². The number of aliphatic hydroxyl groups is 1. The van der Waals surface area contributed by atoms with E-state index in [4.69, 9.17) is 4.74 Å². The Kier molecular flexibility index (Phi) is 6.27. The van der Waals surface area contributed by atoms with Crippen LogP contribution in [0, 0.1) is 0 Å². The number of hydrogen-bond donors (Lipinski definition) is 1. The summed E-state index contributed by atoms with van der Waals surface area (Å²) in [6.07, 6.45) is 5.99. The van der Waals surface area contributed by atoms with Crippen molar-refractivity contribution in [2.75, 3.05) is 19.7 Å². The van der Waals surface area contributed by atoms with Gasteiger partial charge in [-0.25, -0.2) is 0 Å². The maximum atomic E-state index is 10.2. The normalized spacial score (nSPS) is 21.0. The summed E-state index contributed by atoms with van der Waals surface area (Å²) in [5, 5.41) is 10.2. The van der Waals surface area contributed by atoms with Gasteiger partial charge >= 0.3 is 0 Å². The van der Waals surface area contributed by atoms with Gasteiger partial charge in [-0.1, -0.05) is 30.7 Å². The first-order valence-electron chi connectivity index (χ1n) is 7.94. The van der Waals surface area contributed by atoms with Crippen molar-refractivity contribution in [3.8, 4) is 5.75 Å². The highest BCUT2D eigenvalue weighted by Crippen LogP contribution is 2.20. The Hall–Kier alpha value is -1.32. The molecule has 1 aliphatic heterocycles. The molecule has 3 heteroatoms. The zero-order valence-corrected chi connectivity index (χ0v) is 13.0. The number of β-amino-alcohol motifs (C(OH)–C–C–N with tert-alkyl or cyclic N) is 1. The molecule has 0 aliphatic carbocycles. The molecule has 0 spiro atoms. The number of piperidine rings is 1. The molecule has 2 rings (SSSR count). The Morgan fingerprint density at radius 3 is 3.00 bits per heavy atom. The van der Waals surface area contributed by atoms with Crippen LogP contribution >= 0.6 is 0 Å². The molecule has 0 saturated carbocycles. The first kappa shape index (κ1) is 16.1. The predicted molar refractivity (Wildman–Crippen MR) is 86.7 cm³/mol. The Balaban J connectivity index is 1.83. The van der Waals surface area contributed by atoms with E-state index in [-0.39, 0.29) is 0 Å². The van der Waals surface area contributed by atoms with Crippen LogP contribution in [0.5, 0.6) is 5.75 Å². The number of likely N-dealkylation sites (tertiary alicyclic amines) is 1. The molecule has 1 N–H and O–H groups in total. The summed E-state index contributed by atoms with van der Waals surface area (Å²) in [6, 6.07) is 8.52. The molecule has 0 aromatic heterocycles. The molecule has 1 saturated heterocycles. The largest absolute Gasteiger partial charge is 0.491 e. The SMILES string of the molecule is C=CCc1ccccc1OCC(O)CN1CCCCC1C. The van der Waals surface area contributed by atoms with Crippen molar-refractivity contribution in [1.82, 2.24) is 4.90 Å². The minimum atomic E-state index is -0.442. The quantitative estimate of drug-likeness (QED) is 0.783. The van der Waals surface area contributed by atoms with E-state index in [2.05, 4.69) is 18.4 Å². The van der Waals surface area contributed by atoms with Crippen molar-refractivity contribution in [3.05, 3.63) is 42.5 Å². The fourth-order valence-electron chi connectivity index (χ4n) is 2.91. The molecular weight excluding hydrogens is 262 g/mol. The number of hydrogen-bond acceptors (Lipinski definition) is 3. The van der Waals surface area contributed by atoms with Crippen molar-refractivity contribution in [2.24, 2.45) is 0 Å². The minimum Gasteiger partial charge on any atom is -0.491 e. The van der Waals surface area contributed by atoms with E-state index in [1.165, 1.54) is 19.3 Å². The minimum absolute atomic E-state index is 0.345. The number of rotatable bonds is 7. The number of benzene rings is 1. The van der Waals surface area contributed by atoms with E-state index < -0.39 is 6.10 Å². The fourth-order valence-corrected chi connectivity index (χ4v) is 2.91. The standard InChI is InChI=1S/C18H27NO2/c1-3-8-16-10-4-5-11-18(16)21-14-17(20)13-19-12-7-6-9-15(19)2/h3-5,10-11,15,17,20H,1,6-9,12-14H2,2H3. The number of aliphatic hydroxyl groups excluding tert-OH is 1. The van der Waals surface area contributed by atoms with E-state index in [0.717, 1.165) is 24.3 Å². The Morgan fingerprint density at radius 2 is 2.24 bits per heavy atom. The smallest absolute Gasteiger partial charge is 0.122 e. The first-order chi connectivity index (χ1) is 10.2. The molecule has 1 aromatic carbocycles. The van der Waals surface area contributed by atoms with Crippen molar-refractivity contribution in [1.29, 1.82) is 0 Å². The topological polar surface area (TPSA) is 32.7 Å². The molecule has 0 radical (unpaired) electrons. The first-order valence-corrected chi connectivity index (χ1v) is 7.94. The second-order valence-electron chi connectivity index (χ2n) is 5.91. The maximum absolute atomic E-state index is 10.2. The van der Waals surface area contributed by atoms with E-state index in [1.807, 2.05) is 30.3 Å². The van der Waals surface area contributed by atoms with Crippen LogP contribution in [0.25, 0.3) is 0 Å². The van der Waals surface area contributed by atoms with Gasteiger partial charge in [-0.2, -0.15) is 0 Å². The van der Waals surface area contributed by atoms with Crippen LogP contribution in [0.4, 0.5) is 0 Å². The lowest BCUT2D eigenvalue weighted by molar-refractivity contribution is 0.0436. The lowest BCUT2D eigenvalue weighted by atomic mass is 10.0. The van der Waals surface area contributed by atoms with Crippen molar-refractivity contribution < 1.29 is 9.84 Å². The van der Waals surface area contributed by atoms with Gasteiger partial charge in [0, 0.05) is 12.6 Å². The second-order valence-corrected chi connectivity index (χ2v) is 5.91. The van der Waals surface area contributed by atoms with Crippen LogP contribution in [0.2, 0.25) is 0 Å². The number of allylic oxidation sites excluding steroid dienone is 1. The molecule has 116 valence electrons. The third-order valence-electron chi connectivity index (χ3n) is 4.15. The van der Waals surface area contributed by atoms with Crippen molar-refractivity contribution in [2.45, 2.75) is 44.8 Å². The van der Waals surface area contributed by atoms with Gasteiger partial charge in [-0.05, 0) is 44.4 Å². The van der Waals surface area contributed by atoms with Gasteiger partial charge in [0.2, 0.25) is 0 Å². The summed E-state index contributed by atoms with van der Waals surface area (Å²) >= 11 is 0. The zero-order chi connectivity index (χ0) is 15.1. The monoisotopic (exact) mass is 289 g/mol. The van der Waals surface area contributed by atoms with Gasteiger partial charge in [-0.3, -0.25) is 4.90 Å². The molecule has 3 nitrogen and oxygen atoms in total. The van der Waals surface area contributed by atoms with E-state index in [9.17, 15) is 5.11 Å². The van der Waals surface area contributed by atoms with Crippen molar-refractivity contribution in [3.63, 3.8) is 0 Å². The maximum Gasteiger partial charge on any atom is 0.122 e. The van der Waals surface area contributed by atoms with Crippen LogP contribution in [-0.4, -0.2) is 41.8 Å². The molecule has 0 bridgehead atoms. The summed E-state index contributed by atoms with van der Waals surface area (Å²) in [6.45, 7) is 8.14. The highest BCUT2D eigenvalue weighted by molar-refractivity contribution is 5.34. The van der Waals surface area contributed by atoms with Gasteiger partial charge in [0.25, 0.3) is 0 Å². The summed E-state index contributed by atoms with van der Waals surface area (Å²) in [7, 11) is 0. The predicted octanol–water partition coefficient (Wildman–Crippen LogP) is 3.03. The molecule has 0 amide bonds. The molecule has 21 heavy (non-hydrogen) atoms. The molecule has 1 heterocycles. The van der Waals surface area contributed by atoms with Gasteiger partial charge in [0.15, 0.2) is 0 Å². The highest BCUT2D eigenvalue weighted by atomic mass is 16.5. The number of ether oxygens (including phenoxy) is 1. The second kappa shape index (κ2) is 8.20. The van der Waals surface area contributed by atoms with E-state index >= 15 is 0 Å². The van der Waals surface area contributed by atoms with Gasteiger partial charge in [0.05, 0.1) is 0 Å². The highest BCUT2D eigenvalue weighted by Gasteiger charge is 2.21. The van der Waals surface area contributed by atoms with Crippen LogP contribution in [-0.2, 0) is 6.42 Å². The summed E-state index contributed by atoms with van der Waals surface area (Å²) in [5.74, 6) is 0.850. The van der Waals surface area contributed by atoms with Crippen LogP contribution in [0.3, 0.4) is 0 Å². The van der Waals surface area contributed by atoms with Crippen LogP contribution in [0.15, 0.2) is 36.9 Å². The lowest BCUT2D eigenvalue weighted by Crippen LogP contribution is -2.43. The number of para-hydroxylation sites is 1.